The number of aryl methyl sites for hydroxylation is 2. The lowest BCUT2D eigenvalue weighted by Crippen LogP contribution is -2.11. The summed E-state index contributed by atoms with van der Waals surface area (Å²) >= 11 is 0. The highest BCUT2D eigenvalue weighted by molar-refractivity contribution is 5.27. The fourth-order valence-corrected chi connectivity index (χ4v) is 2.34. The van der Waals surface area contributed by atoms with Gasteiger partial charge in [-0.1, -0.05) is 42.0 Å². The second-order valence-electron chi connectivity index (χ2n) is 5.23. The summed E-state index contributed by atoms with van der Waals surface area (Å²) in [7, 11) is 1.67. The molecule has 0 aliphatic heterocycles. The van der Waals surface area contributed by atoms with Crippen LogP contribution in [-0.2, 0) is 12.8 Å². The third-order valence-corrected chi connectivity index (χ3v) is 3.48. The molecule has 0 radical (unpaired) electrons. The molecule has 0 saturated heterocycles. The number of rotatable bonds is 6. The van der Waals surface area contributed by atoms with Crippen molar-refractivity contribution in [3.63, 3.8) is 0 Å². The molecule has 1 unspecified atom stereocenters. The standard InChI is InChI=1S/C18H22O2/c1-14-4-3-5-16(12-14)13-17(19)9-6-15-7-10-18(20-2)11-8-15/h3-5,7-8,10-12,17,19H,6,9,13H2,1-2H3. The molecule has 0 aliphatic carbocycles. The first-order valence-electron chi connectivity index (χ1n) is 7.04. The van der Waals surface area contributed by atoms with Crippen LogP contribution in [0.5, 0.6) is 5.75 Å². The number of aliphatic hydroxyl groups excluding tert-OH is 1. The van der Waals surface area contributed by atoms with Gasteiger partial charge in [-0.05, 0) is 49.4 Å². The summed E-state index contributed by atoms with van der Waals surface area (Å²) in [5.41, 5.74) is 3.67. The van der Waals surface area contributed by atoms with Gasteiger partial charge in [-0.2, -0.15) is 0 Å². The van der Waals surface area contributed by atoms with E-state index in [-0.39, 0.29) is 6.10 Å². The van der Waals surface area contributed by atoms with Gasteiger partial charge < -0.3 is 9.84 Å². The quantitative estimate of drug-likeness (QED) is 0.870. The van der Waals surface area contributed by atoms with Crippen molar-refractivity contribution in [3.05, 3.63) is 65.2 Å². The van der Waals surface area contributed by atoms with Crippen molar-refractivity contribution in [3.8, 4) is 5.75 Å². The van der Waals surface area contributed by atoms with Gasteiger partial charge in [0.15, 0.2) is 0 Å². The average molecular weight is 270 g/mol. The molecular weight excluding hydrogens is 248 g/mol. The van der Waals surface area contributed by atoms with Crippen LogP contribution in [-0.4, -0.2) is 18.3 Å². The van der Waals surface area contributed by atoms with Crippen LogP contribution in [0.4, 0.5) is 0 Å². The lowest BCUT2D eigenvalue weighted by Gasteiger charge is -2.11. The van der Waals surface area contributed by atoms with E-state index in [1.54, 1.807) is 7.11 Å². The second kappa shape index (κ2) is 7.11. The van der Waals surface area contributed by atoms with E-state index in [4.69, 9.17) is 4.74 Å². The number of ether oxygens (including phenoxy) is 1. The van der Waals surface area contributed by atoms with Crippen LogP contribution in [0.25, 0.3) is 0 Å². The van der Waals surface area contributed by atoms with Crippen molar-refractivity contribution in [2.45, 2.75) is 32.3 Å². The lowest BCUT2D eigenvalue weighted by atomic mass is 10.0. The minimum atomic E-state index is -0.293. The Kier molecular flexibility index (Phi) is 5.19. The molecule has 0 fully saturated rings. The maximum absolute atomic E-state index is 10.1. The van der Waals surface area contributed by atoms with E-state index >= 15 is 0 Å². The van der Waals surface area contributed by atoms with Crippen molar-refractivity contribution >= 4 is 0 Å². The van der Waals surface area contributed by atoms with E-state index in [0.29, 0.717) is 0 Å². The fraction of sp³-hybridized carbons (Fsp3) is 0.333. The van der Waals surface area contributed by atoms with Crippen molar-refractivity contribution in [2.75, 3.05) is 7.11 Å². The van der Waals surface area contributed by atoms with Gasteiger partial charge in [0.2, 0.25) is 0 Å². The molecule has 2 aromatic rings. The lowest BCUT2D eigenvalue weighted by molar-refractivity contribution is 0.165. The van der Waals surface area contributed by atoms with Gasteiger partial charge in [0.1, 0.15) is 5.75 Å². The number of hydrogen-bond donors (Lipinski definition) is 1. The molecule has 106 valence electrons. The maximum atomic E-state index is 10.1. The van der Waals surface area contributed by atoms with Crippen LogP contribution in [0.15, 0.2) is 48.5 Å². The van der Waals surface area contributed by atoms with Crippen molar-refractivity contribution < 1.29 is 9.84 Å². The molecule has 2 rings (SSSR count). The Hall–Kier alpha value is -1.80. The van der Waals surface area contributed by atoms with Gasteiger partial charge >= 0.3 is 0 Å². The minimum Gasteiger partial charge on any atom is -0.497 e. The van der Waals surface area contributed by atoms with Crippen LogP contribution in [0.3, 0.4) is 0 Å². The molecule has 0 spiro atoms. The Labute approximate surface area is 121 Å². The van der Waals surface area contributed by atoms with E-state index in [2.05, 4.69) is 37.3 Å². The summed E-state index contributed by atoms with van der Waals surface area (Å²) in [4.78, 5) is 0. The molecule has 0 aromatic heterocycles. The van der Waals surface area contributed by atoms with E-state index in [1.165, 1.54) is 16.7 Å². The first-order chi connectivity index (χ1) is 9.67. The highest BCUT2D eigenvalue weighted by Crippen LogP contribution is 2.15. The highest BCUT2D eigenvalue weighted by Gasteiger charge is 2.06. The first-order valence-corrected chi connectivity index (χ1v) is 7.04. The molecular formula is C18H22O2. The largest absolute Gasteiger partial charge is 0.497 e. The Morgan fingerprint density at radius 3 is 2.45 bits per heavy atom. The monoisotopic (exact) mass is 270 g/mol. The van der Waals surface area contributed by atoms with Gasteiger partial charge in [-0.3, -0.25) is 0 Å². The van der Waals surface area contributed by atoms with Crippen molar-refractivity contribution in [2.24, 2.45) is 0 Å². The topological polar surface area (TPSA) is 29.5 Å². The zero-order valence-electron chi connectivity index (χ0n) is 12.2. The Morgan fingerprint density at radius 2 is 1.80 bits per heavy atom. The predicted octanol–water partition coefficient (Wildman–Crippen LogP) is 3.54. The Morgan fingerprint density at radius 1 is 1.05 bits per heavy atom. The van der Waals surface area contributed by atoms with Gasteiger partial charge in [-0.15, -0.1) is 0 Å². The summed E-state index contributed by atoms with van der Waals surface area (Å²) in [5, 5.41) is 10.1. The molecule has 2 aromatic carbocycles. The van der Waals surface area contributed by atoms with E-state index in [9.17, 15) is 5.11 Å². The summed E-state index contributed by atoms with van der Waals surface area (Å²) in [6.07, 6.45) is 2.09. The SMILES string of the molecule is COc1ccc(CCC(O)Cc2cccc(C)c2)cc1. The third kappa shape index (κ3) is 4.39. The van der Waals surface area contributed by atoms with Crippen LogP contribution in [0, 0.1) is 6.92 Å². The smallest absolute Gasteiger partial charge is 0.118 e. The summed E-state index contributed by atoms with van der Waals surface area (Å²) in [6.45, 7) is 2.08. The van der Waals surface area contributed by atoms with Crippen LogP contribution < -0.4 is 4.74 Å². The molecule has 1 N–H and O–H groups in total. The minimum absolute atomic E-state index is 0.293. The van der Waals surface area contributed by atoms with Crippen LogP contribution in [0.2, 0.25) is 0 Å². The van der Waals surface area contributed by atoms with Gasteiger partial charge in [0, 0.05) is 0 Å². The van der Waals surface area contributed by atoms with Gasteiger partial charge in [-0.25, -0.2) is 0 Å². The molecule has 0 bridgehead atoms. The van der Waals surface area contributed by atoms with Crippen molar-refractivity contribution in [1.29, 1.82) is 0 Å². The van der Waals surface area contributed by atoms with Crippen LogP contribution in [0.1, 0.15) is 23.1 Å². The Bertz CT molecular complexity index is 531. The zero-order chi connectivity index (χ0) is 14.4. The summed E-state index contributed by atoms with van der Waals surface area (Å²) in [6, 6.07) is 16.4. The predicted molar refractivity (Wildman–Crippen MR) is 82.2 cm³/mol. The fourth-order valence-electron chi connectivity index (χ4n) is 2.34. The van der Waals surface area contributed by atoms with Gasteiger partial charge in [0.05, 0.1) is 13.2 Å². The first kappa shape index (κ1) is 14.6. The normalized spacial score (nSPS) is 12.2. The highest BCUT2D eigenvalue weighted by atomic mass is 16.5. The number of methoxy groups -OCH3 is 1. The number of aliphatic hydroxyl groups is 1. The zero-order valence-corrected chi connectivity index (χ0v) is 12.2. The van der Waals surface area contributed by atoms with E-state index in [1.807, 2.05) is 18.2 Å². The number of benzene rings is 2. The average Bonchev–Trinajstić information content (AvgIpc) is 2.46. The summed E-state index contributed by atoms with van der Waals surface area (Å²) < 4.78 is 5.14. The molecule has 20 heavy (non-hydrogen) atoms. The summed E-state index contributed by atoms with van der Waals surface area (Å²) in [5.74, 6) is 0.869. The van der Waals surface area contributed by atoms with E-state index < -0.39 is 0 Å². The Balaban J connectivity index is 1.83. The molecule has 2 heteroatoms. The molecule has 0 amide bonds. The van der Waals surface area contributed by atoms with Crippen LogP contribution >= 0.6 is 0 Å². The second-order valence-corrected chi connectivity index (χ2v) is 5.23. The number of hydrogen-bond acceptors (Lipinski definition) is 2. The molecule has 0 saturated carbocycles. The van der Waals surface area contributed by atoms with E-state index in [0.717, 1.165) is 25.0 Å². The molecule has 1 atom stereocenters. The molecule has 2 nitrogen and oxygen atoms in total. The third-order valence-electron chi connectivity index (χ3n) is 3.48. The molecule has 0 heterocycles. The van der Waals surface area contributed by atoms with Crippen molar-refractivity contribution in [1.82, 2.24) is 0 Å². The maximum Gasteiger partial charge on any atom is 0.118 e. The van der Waals surface area contributed by atoms with Gasteiger partial charge in [0.25, 0.3) is 0 Å². The molecule has 0 aliphatic rings.